The van der Waals surface area contributed by atoms with E-state index in [4.69, 9.17) is 14.9 Å². The minimum atomic E-state index is -0.443. The molecule has 0 radical (unpaired) electrons. The smallest absolute Gasteiger partial charge is 0.170 e. The molecule has 34 heavy (non-hydrogen) atoms. The van der Waals surface area contributed by atoms with Crippen LogP contribution in [0.25, 0.3) is 0 Å². The topological polar surface area (TPSA) is 133 Å². The molecule has 2 aliphatic rings. The number of hydrogen-bond acceptors (Lipinski definition) is 8. The van der Waals surface area contributed by atoms with Crippen molar-refractivity contribution in [3.05, 3.63) is 47.5 Å². The fraction of sp³-hybridized carbons (Fsp3) is 0.423. The van der Waals surface area contributed by atoms with Crippen LogP contribution in [0.4, 0.5) is 0 Å². The zero-order chi connectivity index (χ0) is 25.9. The Morgan fingerprint density at radius 1 is 0.912 bits per heavy atom. The molecule has 1 saturated heterocycles. The molecule has 2 heterocycles. The molecule has 1 fully saturated rings. The summed E-state index contributed by atoms with van der Waals surface area (Å²) in [4.78, 5) is 31.9. The fourth-order valence-electron chi connectivity index (χ4n) is 3.07. The molecule has 8 nitrogen and oxygen atoms in total. The Hall–Kier alpha value is -3.39. The van der Waals surface area contributed by atoms with Crippen LogP contribution in [0.1, 0.15) is 74.6 Å². The maximum Gasteiger partial charge on any atom is 0.170 e. The molecule has 4 N–H and O–H groups in total. The number of carbonyl (C=O) groups is 3. The van der Waals surface area contributed by atoms with E-state index in [0.29, 0.717) is 17.7 Å². The number of phenolic OH excluding ortho intramolecular Hbond substituents is 3. The van der Waals surface area contributed by atoms with Crippen LogP contribution in [0, 0.1) is 0 Å². The van der Waals surface area contributed by atoms with Crippen molar-refractivity contribution < 1.29 is 34.4 Å². The second-order valence-electron chi connectivity index (χ2n) is 8.77. The van der Waals surface area contributed by atoms with Gasteiger partial charge in [0.25, 0.3) is 0 Å². The molecule has 0 spiro atoms. The van der Waals surface area contributed by atoms with E-state index < -0.39 is 5.60 Å². The summed E-state index contributed by atoms with van der Waals surface area (Å²) in [5, 5.41) is 30.4. The Labute approximate surface area is 200 Å². The quantitative estimate of drug-likeness (QED) is 0.354. The molecule has 0 amide bonds. The van der Waals surface area contributed by atoms with Crippen molar-refractivity contribution in [2.24, 2.45) is 0 Å². The first-order chi connectivity index (χ1) is 15.8. The normalized spacial score (nSPS) is 15.0. The van der Waals surface area contributed by atoms with Crippen LogP contribution >= 0.6 is 0 Å². The minimum absolute atomic E-state index is 0.0204. The molecular formula is C26H35NO7. The van der Waals surface area contributed by atoms with E-state index in [-0.39, 0.29) is 40.2 Å². The van der Waals surface area contributed by atoms with Crippen LogP contribution in [0.15, 0.2) is 36.4 Å². The third-order valence-corrected chi connectivity index (χ3v) is 4.55. The van der Waals surface area contributed by atoms with Crippen molar-refractivity contribution in [2.75, 3.05) is 13.1 Å². The van der Waals surface area contributed by atoms with E-state index in [9.17, 15) is 19.5 Å². The lowest BCUT2D eigenvalue weighted by molar-refractivity contribution is -0.115. The Balaban J connectivity index is 0.000000255. The molecule has 8 heteroatoms. The monoisotopic (exact) mass is 473 g/mol. The number of carbonyl (C=O) groups excluding carboxylic acids is 3. The highest BCUT2D eigenvalue weighted by Crippen LogP contribution is 2.34. The molecule has 0 saturated carbocycles. The molecule has 2 aromatic rings. The first-order valence-corrected chi connectivity index (χ1v) is 11.1. The minimum Gasteiger partial charge on any atom is -0.508 e. The number of ketones is 3. The lowest BCUT2D eigenvalue weighted by atomic mass is 9.93. The average Bonchev–Trinajstić information content (AvgIpc) is 3.30. The van der Waals surface area contributed by atoms with Crippen molar-refractivity contribution in [3.8, 4) is 23.0 Å². The molecule has 0 aromatic heterocycles. The summed E-state index contributed by atoms with van der Waals surface area (Å²) < 4.78 is 5.61. The zero-order valence-electron chi connectivity index (χ0n) is 20.5. The molecule has 2 aliphatic heterocycles. The molecule has 0 unspecified atom stereocenters. The summed E-state index contributed by atoms with van der Waals surface area (Å²) in [6.07, 6.45) is 3.13. The van der Waals surface area contributed by atoms with Gasteiger partial charge in [0.2, 0.25) is 0 Å². The molecular weight excluding hydrogens is 438 g/mol. The van der Waals surface area contributed by atoms with Gasteiger partial charge in [-0.2, -0.15) is 0 Å². The van der Waals surface area contributed by atoms with Gasteiger partial charge in [0, 0.05) is 0 Å². The third-order valence-electron chi connectivity index (χ3n) is 4.55. The Kier molecular flexibility index (Phi) is 11.2. The van der Waals surface area contributed by atoms with Crippen LogP contribution in [0.5, 0.6) is 23.0 Å². The Bertz CT molecular complexity index is 983. The van der Waals surface area contributed by atoms with E-state index in [1.807, 2.05) is 13.8 Å². The van der Waals surface area contributed by atoms with E-state index >= 15 is 0 Å². The lowest BCUT2D eigenvalue weighted by Gasteiger charge is -2.31. The highest BCUT2D eigenvalue weighted by molar-refractivity contribution is 6.00. The average molecular weight is 474 g/mol. The van der Waals surface area contributed by atoms with Crippen LogP contribution in [0.3, 0.4) is 0 Å². The number of Topliss-reactive ketones (excluding diaryl/α,β-unsaturated/α-hetero) is 3. The highest BCUT2D eigenvalue weighted by Gasteiger charge is 2.32. The summed E-state index contributed by atoms with van der Waals surface area (Å²) >= 11 is 0. The van der Waals surface area contributed by atoms with Gasteiger partial charge in [-0.05, 0) is 96.9 Å². The predicted octanol–water partition coefficient (Wildman–Crippen LogP) is 4.40. The first-order valence-electron chi connectivity index (χ1n) is 11.1. The summed E-state index contributed by atoms with van der Waals surface area (Å²) in [6.45, 7) is 10.6. The van der Waals surface area contributed by atoms with Gasteiger partial charge in [-0.3, -0.25) is 9.59 Å². The van der Waals surface area contributed by atoms with Crippen molar-refractivity contribution in [3.63, 3.8) is 0 Å². The molecule has 0 atom stereocenters. The van der Waals surface area contributed by atoms with Crippen LogP contribution in [-0.2, 0) is 4.79 Å². The van der Waals surface area contributed by atoms with E-state index in [1.54, 1.807) is 6.07 Å². The Morgan fingerprint density at radius 2 is 1.44 bits per heavy atom. The zero-order valence-corrected chi connectivity index (χ0v) is 20.5. The maximum absolute atomic E-state index is 11.7. The van der Waals surface area contributed by atoms with Crippen molar-refractivity contribution in [1.29, 1.82) is 0 Å². The van der Waals surface area contributed by atoms with Crippen LogP contribution in [0.2, 0.25) is 0 Å². The molecule has 0 bridgehead atoms. The van der Waals surface area contributed by atoms with Crippen LogP contribution < -0.4 is 10.1 Å². The van der Waals surface area contributed by atoms with Gasteiger partial charge in [-0.1, -0.05) is 0 Å². The number of rotatable bonds is 1. The van der Waals surface area contributed by atoms with Crippen molar-refractivity contribution in [1.82, 2.24) is 5.32 Å². The number of fused-ring (bicyclic) bond motifs is 1. The van der Waals surface area contributed by atoms with E-state index in [0.717, 1.165) is 0 Å². The number of phenols is 3. The van der Waals surface area contributed by atoms with Gasteiger partial charge >= 0.3 is 0 Å². The predicted molar refractivity (Wildman–Crippen MR) is 130 cm³/mol. The number of nitrogens with one attached hydrogen (secondary N) is 1. The Morgan fingerprint density at radius 3 is 1.91 bits per heavy atom. The lowest BCUT2D eigenvalue weighted by Crippen LogP contribution is -2.35. The van der Waals surface area contributed by atoms with Gasteiger partial charge in [0.1, 0.15) is 34.4 Å². The van der Waals surface area contributed by atoms with Gasteiger partial charge in [-0.25, -0.2) is 0 Å². The van der Waals surface area contributed by atoms with Gasteiger partial charge < -0.3 is 30.2 Å². The standard InChI is InChI=1S/C11H12O3.C8H8O3.C4H9N.C3H6O/c1-11(2)6-9(13)8-5-7(12)3-4-10(8)14-11;1-5(9)7-4-6(10)2-3-8(7)11;1-2-4-5-3-1;1-3(2)4/h3-5,12H,6H2,1-2H3;2-4,10-11H,1H3;5H,1-4H2;1-2H3. The van der Waals surface area contributed by atoms with Crippen molar-refractivity contribution >= 4 is 17.3 Å². The van der Waals surface area contributed by atoms with E-state index in [2.05, 4.69) is 5.32 Å². The SMILES string of the molecule is C1CCNC1.CC(=O)c1cc(O)ccc1O.CC(C)=O.CC1(C)CC(=O)c2cc(O)ccc2O1. The largest absolute Gasteiger partial charge is 0.508 e. The summed E-state index contributed by atoms with van der Waals surface area (Å²) in [7, 11) is 0. The number of ether oxygens (including phenoxy) is 1. The summed E-state index contributed by atoms with van der Waals surface area (Å²) in [5.74, 6) is 0.457. The second kappa shape index (κ2) is 13.3. The van der Waals surface area contributed by atoms with Gasteiger partial charge in [0.05, 0.1) is 17.5 Å². The van der Waals surface area contributed by atoms with Gasteiger partial charge in [-0.15, -0.1) is 0 Å². The fourth-order valence-corrected chi connectivity index (χ4v) is 3.07. The van der Waals surface area contributed by atoms with Crippen LogP contribution in [-0.4, -0.2) is 51.4 Å². The molecule has 186 valence electrons. The number of benzene rings is 2. The second-order valence-corrected chi connectivity index (χ2v) is 8.77. The number of aromatic hydroxyl groups is 3. The first kappa shape index (κ1) is 28.6. The molecule has 0 aliphatic carbocycles. The molecule has 2 aromatic carbocycles. The summed E-state index contributed by atoms with van der Waals surface area (Å²) in [6, 6.07) is 8.44. The highest BCUT2D eigenvalue weighted by atomic mass is 16.5. The van der Waals surface area contributed by atoms with E-state index in [1.165, 1.54) is 77.0 Å². The van der Waals surface area contributed by atoms with Gasteiger partial charge in [0.15, 0.2) is 11.6 Å². The maximum atomic E-state index is 11.7. The molecule has 4 rings (SSSR count). The third kappa shape index (κ3) is 10.5. The summed E-state index contributed by atoms with van der Waals surface area (Å²) in [5.41, 5.74) is 0.176. The van der Waals surface area contributed by atoms with Crippen molar-refractivity contribution in [2.45, 2.75) is 59.5 Å². The number of hydrogen-bond donors (Lipinski definition) is 4.